The molecule has 1 rings (SSSR count). The minimum absolute atomic E-state index is 0.133. The fourth-order valence-electron chi connectivity index (χ4n) is 1.05. The van der Waals surface area contributed by atoms with Crippen LogP contribution in [0.3, 0.4) is 0 Å². The van der Waals surface area contributed by atoms with Crippen LogP contribution >= 0.6 is 44.1 Å². The van der Waals surface area contributed by atoms with Gasteiger partial charge in [-0.3, -0.25) is 4.79 Å². The normalized spacial score (nSPS) is 9.94. The Kier molecular flexibility index (Phi) is 4.85. The lowest BCUT2D eigenvalue weighted by Gasteiger charge is -2.14. The summed E-state index contributed by atoms with van der Waals surface area (Å²) >= 11 is 11.3. The van der Waals surface area contributed by atoms with Crippen molar-refractivity contribution in [2.24, 2.45) is 11.6 Å². The van der Waals surface area contributed by atoms with E-state index >= 15 is 0 Å². The van der Waals surface area contributed by atoms with E-state index in [1.54, 1.807) is 0 Å². The third kappa shape index (κ3) is 3.51. The van der Waals surface area contributed by atoms with Gasteiger partial charge < -0.3 is 5.73 Å². The lowest BCUT2D eigenvalue weighted by atomic mass is 10.1. The van der Waals surface area contributed by atoms with Crippen molar-refractivity contribution in [2.75, 3.05) is 0 Å². The first-order valence-electron chi connectivity index (χ1n) is 4.23. The summed E-state index contributed by atoms with van der Waals surface area (Å²) in [6.45, 7) is 0. The highest BCUT2D eigenvalue weighted by Crippen LogP contribution is 2.22. The summed E-state index contributed by atoms with van der Waals surface area (Å²) in [5, 5.41) is 0.624. The molecule has 1 aromatic carbocycles. The summed E-state index contributed by atoms with van der Waals surface area (Å²) in [5.41, 5.74) is 6.06. The number of thiocarbonyl (C=S) groups is 1. The van der Waals surface area contributed by atoms with Crippen LogP contribution in [0.15, 0.2) is 27.1 Å². The quantitative estimate of drug-likeness (QED) is 0.361. The van der Waals surface area contributed by atoms with Gasteiger partial charge in [0.2, 0.25) is 5.91 Å². The van der Waals surface area contributed by atoms with Gasteiger partial charge in [0.05, 0.1) is 6.42 Å². The third-order valence-electron chi connectivity index (χ3n) is 1.86. The second kappa shape index (κ2) is 5.72. The third-order valence-corrected chi connectivity index (χ3v) is 3.32. The largest absolute Gasteiger partial charge is 0.375 e. The minimum Gasteiger partial charge on any atom is -0.375 e. The Morgan fingerprint density at radius 2 is 2.06 bits per heavy atom. The Morgan fingerprint density at radius 1 is 1.44 bits per heavy atom. The molecular formula is C9H9Br2N3OS. The predicted octanol–water partition coefficient (Wildman–Crippen LogP) is 1.70. The van der Waals surface area contributed by atoms with Gasteiger partial charge in [0.25, 0.3) is 0 Å². The van der Waals surface area contributed by atoms with E-state index in [1.165, 1.54) is 0 Å². The standard InChI is InChI=1S/C9H9Br2N3OS/c10-6-1-2-7(11)5(3-6)4-8(15)14(13)9(12)16/h1-3H,4,13H2,(H2,12,16). The molecule has 4 nitrogen and oxygen atoms in total. The maximum Gasteiger partial charge on any atom is 0.247 e. The number of halogens is 2. The Morgan fingerprint density at radius 3 is 2.62 bits per heavy atom. The number of hydrogen-bond acceptors (Lipinski definition) is 3. The van der Waals surface area contributed by atoms with Crippen LogP contribution in [0.1, 0.15) is 5.56 Å². The van der Waals surface area contributed by atoms with Crippen LogP contribution in [0.25, 0.3) is 0 Å². The molecule has 1 amide bonds. The number of benzene rings is 1. The summed E-state index contributed by atoms with van der Waals surface area (Å²) in [7, 11) is 0. The molecule has 1 aromatic rings. The van der Waals surface area contributed by atoms with Crippen molar-refractivity contribution in [3.05, 3.63) is 32.7 Å². The van der Waals surface area contributed by atoms with E-state index in [-0.39, 0.29) is 17.4 Å². The minimum atomic E-state index is -0.355. The molecule has 0 saturated heterocycles. The van der Waals surface area contributed by atoms with Crippen molar-refractivity contribution in [3.8, 4) is 0 Å². The smallest absolute Gasteiger partial charge is 0.247 e. The van der Waals surface area contributed by atoms with Crippen LogP contribution in [0.2, 0.25) is 0 Å². The van der Waals surface area contributed by atoms with Crippen LogP contribution in [-0.2, 0) is 11.2 Å². The Hall–Kier alpha value is -0.500. The molecule has 0 atom stereocenters. The predicted molar refractivity (Wildman–Crippen MR) is 73.4 cm³/mol. The molecule has 0 spiro atoms. The molecule has 0 aromatic heterocycles. The highest BCUT2D eigenvalue weighted by molar-refractivity contribution is 9.11. The van der Waals surface area contributed by atoms with Gasteiger partial charge in [-0.25, -0.2) is 10.9 Å². The summed E-state index contributed by atoms with van der Waals surface area (Å²) in [4.78, 5) is 11.6. The molecule has 4 N–H and O–H groups in total. The van der Waals surface area contributed by atoms with Crippen LogP contribution in [0.5, 0.6) is 0 Å². The van der Waals surface area contributed by atoms with Gasteiger partial charge in [0, 0.05) is 8.95 Å². The number of carbonyl (C=O) groups excluding carboxylic acids is 1. The number of amides is 1. The van der Waals surface area contributed by atoms with Crippen LogP contribution in [-0.4, -0.2) is 16.0 Å². The van der Waals surface area contributed by atoms with Gasteiger partial charge in [-0.1, -0.05) is 31.9 Å². The highest BCUT2D eigenvalue weighted by atomic mass is 79.9. The van der Waals surface area contributed by atoms with Crippen LogP contribution < -0.4 is 11.6 Å². The van der Waals surface area contributed by atoms with Crippen molar-refractivity contribution in [1.82, 2.24) is 5.01 Å². The van der Waals surface area contributed by atoms with Crippen molar-refractivity contribution in [1.29, 1.82) is 0 Å². The summed E-state index contributed by atoms with van der Waals surface area (Å²) in [6, 6.07) is 5.54. The van der Waals surface area contributed by atoms with Crippen LogP contribution in [0, 0.1) is 0 Å². The summed E-state index contributed by atoms with van der Waals surface area (Å²) < 4.78 is 1.72. The molecule has 16 heavy (non-hydrogen) atoms. The summed E-state index contributed by atoms with van der Waals surface area (Å²) in [6.07, 6.45) is 0.133. The van der Waals surface area contributed by atoms with E-state index in [2.05, 4.69) is 44.1 Å². The van der Waals surface area contributed by atoms with Crippen molar-refractivity contribution < 1.29 is 4.79 Å². The molecule has 0 bridgehead atoms. The number of hydrogen-bond donors (Lipinski definition) is 2. The second-order valence-corrected chi connectivity index (χ2v) is 5.20. The topological polar surface area (TPSA) is 72.3 Å². The fraction of sp³-hybridized carbons (Fsp3) is 0.111. The van der Waals surface area contributed by atoms with E-state index in [0.717, 1.165) is 19.5 Å². The number of carbonyl (C=O) groups is 1. The molecule has 7 heteroatoms. The van der Waals surface area contributed by atoms with Gasteiger partial charge in [0.1, 0.15) is 0 Å². The van der Waals surface area contributed by atoms with Crippen molar-refractivity contribution in [2.45, 2.75) is 6.42 Å². The average molecular weight is 367 g/mol. The first-order valence-corrected chi connectivity index (χ1v) is 6.22. The molecular weight excluding hydrogens is 358 g/mol. The number of hydrazine groups is 1. The monoisotopic (exact) mass is 365 g/mol. The number of nitrogens with two attached hydrogens (primary N) is 2. The molecule has 0 fully saturated rings. The second-order valence-electron chi connectivity index (χ2n) is 3.01. The van der Waals surface area contributed by atoms with Gasteiger partial charge in [-0.2, -0.15) is 0 Å². The van der Waals surface area contributed by atoms with E-state index < -0.39 is 0 Å². The molecule has 0 unspecified atom stereocenters. The maximum absolute atomic E-state index is 11.6. The zero-order valence-electron chi connectivity index (χ0n) is 8.11. The van der Waals surface area contributed by atoms with E-state index in [1.807, 2.05) is 18.2 Å². The summed E-state index contributed by atoms with van der Waals surface area (Å²) in [5.74, 6) is 5.03. The fourth-order valence-corrected chi connectivity index (χ4v) is 1.95. The molecule has 0 heterocycles. The first kappa shape index (κ1) is 13.6. The average Bonchev–Trinajstić information content (AvgIpc) is 2.22. The van der Waals surface area contributed by atoms with Gasteiger partial charge in [0.15, 0.2) is 5.11 Å². The molecule has 0 saturated carbocycles. The van der Waals surface area contributed by atoms with E-state index in [0.29, 0.717) is 0 Å². The maximum atomic E-state index is 11.6. The number of rotatable bonds is 2. The molecule has 0 radical (unpaired) electrons. The van der Waals surface area contributed by atoms with Gasteiger partial charge >= 0.3 is 0 Å². The van der Waals surface area contributed by atoms with Crippen LogP contribution in [0.4, 0.5) is 0 Å². The number of nitrogens with zero attached hydrogens (tertiary/aromatic N) is 1. The molecule has 86 valence electrons. The zero-order valence-corrected chi connectivity index (χ0v) is 12.1. The lowest BCUT2D eigenvalue weighted by molar-refractivity contribution is -0.126. The molecule has 0 aliphatic rings. The Bertz CT molecular complexity index is 439. The van der Waals surface area contributed by atoms with Gasteiger partial charge in [-0.15, -0.1) is 0 Å². The van der Waals surface area contributed by atoms with Crippen molar-refractivity contribution >= 4 is 55.1 Å². The van der Waals surface area contributed by atoms with Gasteiger partial charge in [-0.05, 0) is 36.0 Å². The Balaban J connectivity index is 2.84. The zero-order chi connectivity index (χ0) is 12.3. The highest BCUT2D eigenvalue weighted by Gasteiger charge is 2.14. The lowest BCUT2D eigenvalue weighted by Crippen LogP contribution is -2.46. The SMILES string of the molecule is NC(=S)N(N)C(=O)Cc1cc(Br)ccc1Br. The van der Waals surface area contributed by atoms with E-state index in [9.17, 15) is 4.79 Å². The molecule has 0 aliphatic carbocycles. The Labute approximate surface area is 115 Å². The van der Waals surface area contributed by atoms with Crippen molar-refractivity contribution in [3.63, 3.8) is 0 Å². The first-order chi connectivity index (χ1) is 7.41. The molecule has 0 aliphatic heterocycles. The van der Waals surface area contributed by atoms with E-state index in [4.69, 9.17) is 11.6 Å².